The van der Waals surface area contributed by atoms with Gasteiger partial charge in [-0.15, -0.1) is 0 Å². The maximum absolute atomic E-state index is 11.5. The fraction of sp³-hybridized carbons (Fsp3) is 0.583. The first kappa shape index (κ1) is 12.8. The van der Waals surface area contributed by atoms with Gasteiger partial charge in [-0.05, 0) is 32.4 Å². The van der Waals surface area contributed by atoms with E-state index in [9.17, 15) is 4.79 Å². The fourth-order valence-electron chi connectivity index (χ4n) is 1.48. The van der Waals surface area contributed by atoms with Crippen molar-refractivity contribution in [3.05, 3.63) is 24.0 Å². The van der Waals surface area contributed by atoms with Crippen molar-refractivity contribution in [3.63, 3.8) is 0 Å². The largest absolute Gasteiger partial charge is 0.461 e. The van der Waals surface area contributed by atoms with E-state index < -0.39 is 0 Å². The van der Waals surface area contributed by atoms with Gasteiger partial charge in [-0.25, -0.2) is 4.79 Å². The van der Waals surface area contributed by atoms with E-state index in [4.69, 9.17) is 9.47 Å². The van der Waals surface area contributed by atoms with Crippen LogP contribution in [0.4, 0.5) is 0 Å². The lowest BCUT2D eigenvalue weighted by molar-refractivity contribution is 0.0512. The first-order chi connectivity index (χ1) is 7.79. The van der Waals surface area contributed by atoms with E-state index in [1.54, 1.807) is 13.0 Å². The molecule has 0 aromatic carbocycles. The molecule has 0 amide bonds. The summed E-state index contributed by atoms with van der Waals surface area (Å²) < 4.78 is 12.1. The molecule has 4 nitrogen and oxygen atoms in total. The molecule has 0 unspecified atom stereocenters. The number of hydrogen-bond donors (Lipinski definition) is 0. The minimum Gasteiger partial charge on any atom is -0.461 e. The first-order valence-corrected chi connectivity index (χ1v) is 5.69. The molecule has 16 heavy (non-hydrogen) atoms. The van der Waals surface area contributed by atoms with Crippen LogP contribution in [0.1, 0.15) is 30.8 Å². The van der Waals surface area contributed by atoms with Gasteiger partial charge in [0.25, 0.3) is 0 Å². The maximum Gasteiger partial charge on any atom is 0.354 e. The third-order valence-electron chi connectivity index (χ3n) is 2.21. The molecule has 0 N–H and O–H groups in total. The van der Waals surface area contributed by atoms with Gasteiger partial charge in [-0.1, -0.05) is 0 Å². The van der Waals surface area contributed by atoms with E-state index in [0.717, 1.165) is 26.2 Å². The molecule has 0 atom stereocenters. The number of rotatable bonds is 7. The van der Waals surface area contributed by atoms with Crippen LogP contribution in [0.25, 0.3) is 0 Å². The lowest BCUT2D eigenvalue weighted by atomic mass is 10.4. The smallest absolute Gasteiger partial charge is 0.354 e. The van der Waals surface area contributed by atoms with Gasteiger partial charge in [0.15, 0.2) is 0 Å². The lowest BCUT2D eigenvalue weighted by Gasteiger charge is -2.08. The van der Waals surface area contributed by atoms with Gasteiger partial charge in [-0.2, -0.15) is 0 Å². The molecular formula is C12H19NO3. The summed E-state index contributed by atoms with van der Waals surface area (Å²) >= 11 is 0. The highest BCUT2D eigenvalue weighted by Crippen LogP contribution is 2.05. The number of esters is 1. The fourth-order valence-corrected chi connectivity index (χ4v) is 1.48. The first-order valence-electron chi connectivity index (χ1n) is 5.69. The molecule has 1 heterocycles. The van der Waals surface area contributed by atoms with E-state index in [2.05, 4.69) is 0 Å². The van der Waals surface area contributed by atoms with Crippen LogP contribution in [-0.4, -0.2) is 30.4 Å². The van der Waals surface area contributed by atoms with Crippen molar-refractivity contribution in [2.75, 3.05) is 19.8 Å². The summed E-state index contributed by atoms with van der Waals surface area (Å²) in [6, 6.07) is 3.63. The van der Waals surface area contributed by atoms with Crippen molar-refractivity contribution in [3.8, 4) is 0 Å². The summed E-state index contributed by atoms with van der Waals surface area (Å²) in [4.78, 5) is 11.5. The molecule has 1 aromatic rings. The molecule has 0 aliphatic rings. The van der Waals surface area contributed by atoms with E-state index in [1.165, 1.54) is 0 Å². The van der Waals surface area contributed by atoms with Crippen LogP contribution in [-0.2, 0) is 16.0 Å². The summed E-state index contributed by atoms with van der Waals surface area (Å²) in [6.07, 6.45) is 2.78. The topological polar surface area (TPSA) is 40.5 Å². The third kappa shape index (κ3) is 3.70. The van der Waals surface area contributed by atoms with Crippen LogP contribution < -0.4 is 0 Å². The molecule has 0 bridgehead atoms. The second kappa shape index (κ2) is 7.06. The van der Waals surface area contributed by atoms with Gasteiger partial charge in [0, 0.05) is 26.0 Å². The molecule has 90 valence electrons. The normalized spacial score (nSPS) is 10.4. The van der Waals surface area contributed by atoms with E-state index in [1.807, 2.05) is 23.8 Å². The Morgan fingerprint density at radius 3 is 2.88 bits per heavy atom. The second-order valence-electron chi connectivity index (χ2n) is 3.36. The number of hydrogen-bond acceptors (Lipinski definition) is 3. The monoisotopic (exact) mass is 225 g/mol. The SMILES string of the molecule is CCOCCCn1cccc1C(=O)OCC. The standard InChI is InChI=1S/C12H19NO3/c1-3-15-10-6-9-13-8-5-7-11(13)12(14)16-4-2/h5,7-8H,3-4,6,9-10H2,1-2H3. The van der Waals surface area contributed by atoms with Crippen molar-refractivity contribution >= 4 is 5.97 Å². The molecule has 0 aliphatic carbocycles. The number of aromatic nitrogens is 1. The van der Waals surface area contributed by atoms with Crippen LogP contribution in [0, 0.1) is 0 Å². The highest BCUT2D eigenvalue weighted by molar-refractivity contribution is 5.87. The van der Waals surface area contributed by atoms with Crippen molar-refractivity contribution in [1.82, 2.24) is 4.57 Å². The second-order valence-corrected chi connectivity index (χ2v) is 3.36. The average molecular weight is 225 g/mol. The molecular weight excluding hydrogens is 206 g/mol. The number of carbonyl (C=O) groups excluding carboxylic acids is 1. The summed E-state index contributed by atoms with van der Waals surface area (Å²) in [5.74, 6) is -0.260. The average Bonchev–Trinajstić information content (AvgIpc) is 2.73. The Labute approximate surface area is 96.2 Å². The molecule has 0 fully saturated rings. The van der Waals surface area contributed by atoms with Gasteiger partial charge in [0.2, 0.25) is 0 Å². The molecule has 1 rings (SSSR count). The lowest BCUT2D eigenvalue weighted by Crippen LogP contribution is -2.12. The van der Waals surface area contributed by atoms with E-state index in [0.29, 0.717) is 12.3 Å². The number of nitrogens with zero attached hydrogens (tertiary/aromatic N) is 1. The Hall–Kier alpha value is -1.29. The zero-order valence-corrected chi connectivity index (χ0v) is 9.94. The van der Waals surface area contributed by atoms with E-state index >= 15 is 0 Å². The highest BCUT2D eigenvalue weighted by Gasteiger charge is 2.10. The molecule has 0 spiro atoms. The van der Waals surface area contributed by atoms with Gasteiger partial charge in [0.05, 0.1) is 6.61 Å². The van der Waals surface area contributed by atoms with Gasteiger partial charge >= 0.3 is 5.97 Å². The number of ether oxygens (including phenoxy) is 2. The quantitative estimate of drug-likeness (QED) is 0.527. The van der Waals surface area contributed by atoms with Crippen molar-refractivity contribution in [2.45, 2.75) is 26.8 Å². The highest BCUT2D eigenvalue weighted by atomic mass is 16.5. The van der Waals surface area contributed by atoms with Crippen LogP contribution in [0.5, 0.6) is 0 Å². The molecule has 1 aromatic heterocycles. The van der Waals surface area contributed by atoms with Crippen molar-refractivity contribution in [2.24, 2.45) is 0 Å². The van der Waals surface area contributed by atoms with Crippen molar-refractivity contribution in [1.29, 1.82) is 0 Å². The zero-order chi connectivity index (χ0) is 11.8. The molecule has 4 heteroatoms. The summed E-state index contributed by atoms with van der Waals surface area (Å²) in [7, 11) is 0. The summed E-state index contributed by atoms with van der Waals surface area (Å²) in [5.41, 5.74) is 0.610. The van der Waals surface area contributed by atoms with Gasteiger partial charge in [0.1, 0.15) is 5.69 Å². The molecule has 0 saturated carbocycles. The van der Waals surface area contributed by atoms with Gasteiger partial charge < -0.3 is 14.0 Å². The van der Waals surface area contributed by atoms with Crippen LogP contribution in [0.15, 0.2) is 18.3 Å². The summed E-state index contributed by atoms with van der Waals surface area (Å²) in [5, 5.41) is 0. The number of carbonyl (C=O) groups is 1. The minimum atomic E-state index is -0.260. The molecule has 0 saturated heterocycles. The predicted octanol–water partition coefficient (Wildman–Crippen LogP) is 2.09. The maximum atomic E-state index is 11.5. The Morgan fingerprint density at radius 1 is 1.38 bits per heavy atom. The molecule has 0 radical (unpaired) electrons. The minimum absolute atomic E-state index is 0.260. The predicted molar refractivity (Wildman–Crippen MR) is 61.5 cm³/mol. The Kier molecular flexibility index (Phi) is 5.64. The Balaban J connectivity index is 2.47. The third-order valence-corrected chi connectivity index (χ3v) is 2.21. The molecule has 0 aliphatic heterocycles. The number of aryl methyl sites for hydroxylation is 1. The van der Waals surface area contributed by atoms with Gasteiger partial charge in [-0.3, -0.25) is 0 Å². The van der Waals surface area contributed by atoms with Crippen LogP contribution in [0.3, 0.4) is 0 Å². The van der Waals surface area contributed by atoms with E-state index in [-0.39, 0.29) is 5.97 Å². The van der Waals surface area contributed by atoms with Crippen molar-refractivity contribution < 1.29 is 14.3 Å². The Morgan fingerprint density at radius 2 is 2.19 bits per heavy atom. The summed E-state index contributed by atoms with van der Waals surface area (Å²) in [6.45, 7) is 6.41. The Bertz CT molecular complexity index is 320. The zero-order valence-electron chi connectivity index (χ0n) is 9.94. The van der Waals surface area contributed by atoms with Crippen LogP contribution >= 0.6 is 0 Å². The van der Waals surface area contributed by atoms with Crippen LogP contribution in [0.2, 0.25) is 0 Å².